The maximum absolute atomic E-state index is 10.8. The van der Waals surface area contributed by atoms with E-state index in [-0.39, 0.29) is 5.91 Å². The Hall–Kier alpha value is -1.28. The Balaban J connectivity index is 2.11. The molecule has 1 amide bonds. The third kappa shape index (κ3) is 4.60. The Bertz CT molecular complexity index is 471. The van der Waals surface area contributed by atoms with Gasteiger partial charge in [-0.15, -0.1) is 10.2 Å². The molecule has 0 aliphatic carbocycles. The summed E-state index contributed by atoms with van der Waals surface area (Å²) in [5, 5.41) is 9.47. The van der Waals surface area contributed by atoms with Crippen LogP contribution in [0.15, 0.2) is 5.16 Å². The minimum absolute atomic E-state index is 0.286. The summed E-state index contributed by atoms with van der Waals surface area (Å²) in [7, 11) is 0. The molecule has 0 bridgehead atoms. The summed E-state index contributed by atoms with van der Waals surface area (Å²) >= 11 is 1.53. The zero-order valence-electron chi connectivity index (χ0n) is 12.6. The van der Waals surface area contributed by atoms with Gasteiger partial charge in [0.15, 0.2) is 5.16 Å². The standard InChI is InChI=1S/C13H23N5O2S/c1-10(2)9-18-12(17-4-6-20-7-5-17)15-16-13(18)21-8-3-11(14)19/h10H,3-9H2,1-2H3,(H2,14,19). The van der Waals surface area contributed by atoms with Gasteiger partial charge in [0.2, 0.25) is 11.9 Å². The zero-order valence-corrected chi connectivity index (χ0v) is 13.4. The summed E-state index contributed by atoms with van der Waals surface area (Å²) in [4.78, 5) is 13.1. The van der Waals surface area contributed by atoms with Crippen molar-refractivity contribution >= 4 is 23.6 Å². The number of primary amides is 1. The molecule has 1 aliphatic rings. The highest BCUT2D eigenvalue weighted by atomic mass is 32.2. The summed E-state index contributed by atoms with van der Waals surface area (Å²) < 4.78 is 7.53. The van der Waals surface area contributed by atoms with E-state index in [0.29, 0.717) is 18.1 Å². The lowest BCUT2D eigenvalue weighted by molar-refractivity contribution is -0.117. The molecule has 1 aromatic rings. The molecule has 1 saturated heterocycles. The highest BCUT2D eigenvalue weighted by molar-refractivity contribution is 7.99. The van der Waals surface area contributed by atoms with Crippen LogP contribution in [-0.2, 0) is 16.1 Å². The number of nitrogens with two attached hydrogens (primary N) is 1. The van der Waals surface area contributed by atoms with Gasteiger partial charge in [0.05, 0.1) is 13.2 Å². The van der Waals surface area contributed by atoms with Gasteiger partial charge in [-0.25, -0.2) is 0 Å². The van der Waals surface area contributed by atoms with Crippen LogP contribution in [0, 0.1) is 5.92 Å². The molecule has 8 heteroatoms. The predicted octanol–water partition coefficient (Wildman–Crippen LogP) is 0.738. The van der Waals surface area contributed by atoms with Gasteiger partial charge in [0, 0.05) is 31.8 Å². The van der Waals surface area contributed by atoms with Crippen molar-refractivity contribution in [2.24, 2.45) is 11.7 Å². The molecule has 118 valence electrons. The number of hydrogen-bond donors (Lipinski definition) is 1. The van der Waals surface area contributed by atoms with Crippen LogP contribution in [0.4, 0.5) is 5.95 Å². The zero-order chi connectivity index (χ0) is 15.2. The lowest BCUT2D eigenvalue weighted by atomic mass is 10.2. The normalized spacial score (nSPS) is 15.7. The number of carbonyl (C=O) groups is 1. The monoisotopic (exact) mass is 313 g/mol. The molecule has 2 N–H and O–H groups in total. The van der Waals surface area contributed by atoms with Gasteiger partial charge < -0.3 is 15.4 Å². The van der Waals surface area contributed by atoms with Crippen molar-refractivity contribution in [2.45, 2.75) is 32.0 Å². The summed E-state index contributed by atoms with van der Waals surface area (Å²) in [6.45, 7) is 8.31. The lowest BCUT2D eigenvalue weighted by Gasteiger charge is -2.28. The fourth-order valence-corrected chi connectivity index (χ4v) is 3.05. The molecule has 1 aromatic heterocycles. The number of ether oxygens (including phenoxy) is 1. The van der Waals surface area contributed by atoms with E-state index in [1.807, 2.05) is 0 Å². The maximum Gasteiger partial charge on any atom is 0.228 e. The van der Waals surface area contributed by atoms with Crippen LogP contribution >= 0.6 is 11.8 Å². The minimum Gasteiger partial charge on any atom is -0.378 e. The van der Waals surface area contributed by atoms with E-state index in [9.17, 15) is 4.79 Å². The minimum atomic E-state index is -0.286. The second-order valence-corrected chi connectivity index (χ2v) is 6.51. The molecular formula is C13H23N5O2S. The first-order valence-electron chi connectivity index (χ1n) is 7.25. The molecule has 0 saturated carbocycles. The van der Waals surface area contributed by atoms with Gasteiger partial charge in [-0.2, -0.15) is 0 Å². The summed E-state index contributed by atoms with van der Waals surface area (Å²) in [6, 6.07) is 0. The average molecular weight is 313 g/mol. The molecule has 21 heavy (non-hydrogen) atoms. The van der Waals surface area contributed by atoms with Crippen LogP contribution in [0.1, 0.15) is 20.3 Å². The van der Waals surface area contributed by atoms with Crippen molar-refractivity contribution in [3.05, 3.63) is 0 Å². The molecule has 0 unspecified atom stereocenters. The number of thioether (sulfide) groups is 1. The third-order valence-electron chi connectivity index (χ3n) is 3.12. The quantitative estimate of drug-likeness (QED) is 0.747. The Morgan fingerprint density at radius 1 is 1.38 bits per heavy atom. The number of rotatable bonds is 7. The largest absolute Gasteiger partial charge is 0.378 e. The van der Waals surface area contributed by atoms with Crippen molar-refractivity contribution in [1.29, 1.82) is 0 Å². The number of aromatic nitrogens is 3. The van der Waals surface area contributed by atoms with E-state index in [0.717, 1.165) is 44.0 Å². The Morgan fingerprint density at radius 3 is 2.71 bits per heavy atom. The smallest absolute Gasteiger partial charge is 0.228 e. The van der Waals surface area contributed by atoms with E-state index < -0.39 is 0 Å². The average Bonchev–Trinajstić information content (AvgIpc) is 2.82. The Kier molecular flexibility index (Phi) is 5.86. The van der Waals surface area contributed by atoms with E-state index in [1.165, 1.54) is 11.8 Å². The molecule has 2 heterocycles. The van der Waals surface area contributed by atoms with Gasteiger partial charge in [0.25, 0.3) is 0 Å². The number of amides is 1. The first-order chi connectivity index (χ1) is 10.1. The summed E-state index contributed by atoms with van der Waals surface area (Å²) in [5.41, 5.74) is 5.18. The first kappa shape index (κ1) is 16.1. The van der Waals surface area contributed by atoms with E-state index >= 15 is 0 Å². The second kappa shape index (κ2) is 7.65. The Morgan fingerprint density at radius 2 is 2.10 bits per heavy atom. The molecule has 2 rings (SSSR count). The van der Waals surface area contributed by atoms with Gasteiger partial charge in [-0.05, 0) is 5.92 Å². The van der Waals surface area contributed by atoms with Crippen LogP contribution in [0.2, 0.25) is 0 Å². The number of anilines is 1. The number of hydrogen-bond acceptors (Lipinski definition) is 6. The van der Waals surface area contributed by atoms with Gasteiger partial charge in [-0.1, -0.05) is 25.6 Å². The van der Waals surface area contributed by atoms with Gasteiger partial charge >= 0.3 is 0 Å². The van der Waals surface area contributed by atoms with Crippen LogP contribution in [0.25, 0.3) is 0 Å². The third-order valence-corrected chi connectivity index (χ3v) is 4.09. The van der Waals surface area contributed by atoms with E-state index in [1.54, 1.807) is 0 Å². The predicted molar refractivity (Wildman–Crippen MR) is 82.4 cm³/mol. The summed E-state index contributed by atoms with van der Waals surface area (Å²) in [6.07, 6.45) is 0.353. The van der Waals surface area contributed by atoms with E-state index in [2.05, 4.69) is 33.5 Å². The molecule has 1 aliphatic heterocycles. The SMILES string of the molecule is CC(C)Cn1c(SCCC(N)=O)nnc1N1CCOCC1. The molecule has 1 fully saturated rings. The fourth-order valence-electron chi connectivity index (χ4n) is 2.15. The topological polar surface area (TPSA) is 86.3 Å². The maximum atomic E-state index is 10.8. The van der Waals surface area contributed by atoms with Crippen LogP contribution < -0.4 is 10.6 Å². The second-order valence-electron chi connectivity index (χ2n) is 5.45. The van der Waals surface area contributed by atoms with Crippen molar-refractivity contribution in [3.8, 4) is 0 Å². The molecule has 0 atom stereocenters. The molecule has 0 spiro atoms. The Labute approximate surface area is 129 Å². The molecule has 0 aromatic carbocycles. The van der Waals surface area contributed by atoms with Gasteiger partial charge in [-0.3, -0.25) is 9.36 Å². The van der Waals surface area contributed by atoms with Crippen LogP contribution in [0.5, 0.6) is 0 Å². The van der Waals surface area contributed by atoms with Crippen LogP contribution in [0.3, 0.4) is 0 Å². The summed E-state index contributed by atoms with van der Waals surface area (Å²) in [5.74, 6) is 1.74. The fraction of sp³-hybridized carbons (Fsp3) is 0.769. The highest BCUT2D eigenvalue weighted by Crippen LogP contribution is 2.24. The number of morpholine rings is 1. The lowest BCUT2D eigenvalue weighted by Crippen LogP contribution is -2.38. The first-order valence-corrected chi connectivity index (χ1v) is 8.23. The van der Waals surface area contributed by atoms with Crippen molar-refractivity contribution < 1.29 is 9.53 Å². The molecular weight excluding hydrogens is 290 g/mol. The number of nitrogens with zero attached hydrogens (tertiary/aromatic N) is 4. The van der Waals surface area contributed by atoms with E-state index in [4.69, 9.17) is 10.5 Å². The van der Waals surface area contributed by atoms with Gasteiger partial charge in [0.1, 0.15) is 0 Å². The van der Waals surface area contributed by atoms with Crippen molar-refractivity contribution in [2.75, 3.05) is 37.0 Å². The molecule has 7 nitrogen and oxygen atoms in total. The van der Waals surface area contributed by atoms with Crippen molar-refractivity contribution in [1.82, 2.24) is 14.8 Å². The highest BCUT2D eigenvalue weighted by Gasteiger charge is 2.21. The van der Waals surface area contributed by atoms with Crippen LogP contribution in [-0.4, -0.2) is 52.7 Å². The van der Waals surface area contributed by atoms with Crippen molar-refractivity contribution in [3.63, 3.8) is 0 Å². The number of carbonyl (C=O) groups excluding carboxylic acids is 1. The molecule has 0 radical (unpaired) electrons.